The number of nitrogens with zero attached hydrogens (tertiary/aromatic N) is 3. The molecule has 0 unspecified atom stereocenters. The van der Waals surface area contributed by atoms with Gasteiger partial charge < -0.3 is 5.73 Å². The van der Waals surface area contributed by atoms with E-state index in [2.05, 4.69) is 14.9 Å². The molecule has 5 heteroatoms. The van der Waals surface area contributed by atoms with Gasteiger partial charge in [0, 0.05) is 31.4 Å². The largest absolute Gasteiger partial charge is 0.388 e. The zero-order valence-corrected chi connectivity index (χ0v) is 9.26. The molecular formula is C11H17N5. The third-order valence-corrected chi connectivity index (χ3v) is 2.70. The first-order chi connectivity index (χ1) is 7.75. The molecular weight excluding hydrogens is 202 g/mol. The van der Waals surface area contributed by atoms with Gasteiger partial charge in [-0.3, -0.25) is 10.3 Å². The predicted molar refractivity (Wildman–Crippen MR) is 62.0 cm³/mol. The summed E-state index contributed by atoms with van der Waals surface area (Å²) in [6.07, 6.45) is 6.63. The maximum atomic E-state index is 7.25. The van der Waals surface area contributed by atoms with Gasteiger partial charge in [0.25, 0.3) is 0 Å². The number of rotatable bonds is 6. The number of hydrogen-bond acceptors (Lipinski definition) is 4. The predicted octanol–water partition coefficient (Wildman–Crippen LogP) is 0.767. The smallest absolute Gasteiger partial charge is 0.142 e. The zero-order valence-electron chi connectivity index (χ0n) is 9.26. The molecule has 1 aromatic rings. The fourth-order valence-corrected chi connectivity index (χ4v) is 1.69. The van der Waals surface area contributed by atoms with Crippen LogP contribution in [-0.2, 0) is 6.54 Å². The third kappa shape index (κ3) is 3.27. The normalized spacial score (nSPS) is 15.3. The fraction of sp³-hybridized carbons (Fsp3) is 0.545. The van der Waals surface area contributed by atoms with Crippen LogP contribution in [0.25, 0.3) is 0 Å². The van der Waals surface area contributed by atoms with Crippen molar-refractivity contribution in [3.63, 3.8) is 0 Å². The molecule has 0 atom stereocenters. The summed E-state index contributed by atoms with van der Waals surface area (Å²) in [5.74, 6) is 1.09. The standard InChI is InChI=1S/C11H17N5/c12-10(13)4-7-16(9-2-3-9)8-11-14-5-1-6-15-11/h1,5-6,9H,2-4,7-8H2,(H3,12,13). The first-order valence-corrected chi connectivity index (χ1v) is 5.58. The van der Waals surface area contributed by atoms with Crippen molar-refractivity contribution in [1.29, 1.82) is 5.41 Å². The van der Waals surface area contributed by atoms with Gasteiger partial charge in [-0.2, -0.15) is 0 Å². The lowest BCUT2D eigenvalue weighted by Gasteiger charge is -2.20. The average Bonchev–Trinajstić information content (AvgIpc) is 3.09. The Labute approximate surface area is 95.2 Å². The van der Waals surface area contributed by atoms with Gasteiger partial charge in [-0.1, -0.05) is 0 Å². The molecule has 3 N–H and O–H groups in total. The topological polar surface area (TPSA) is 78.9 Å². The molecule has 0 aliphatic heterocycles. The molecule has 2 rings (SSSR count). The van der Waals surface area contributed by atoms with E-state index in [-0.39, 0.29) is 5.84 Å². The molecule has 0 amide bonds. The summed E-state index contributed by atoms with van der Waals surface area (Å²) in [7, 11) is 0. The molecule has 5 nitrogen and oxygen atoms in total. The summed E-state index contributed by atoms with van der Waals surface area (Å²) in [5, 5.41) is 7.25. The molecule has 0 saturated heterocycles. The molecule has 0 aromatic carbocycles. The highest BCUT2D eigenvalue weighted by atomic mass is 15.2. The van der Waals surface area contributed by atoms with Crippen molar-refractivity contribution in [1.82, 2.24) is 14.9 Å². The Morgan fingerprint density at radius 3 is 2.69 bits per heavy atom. The Hall–Kier alpha value is -1.49. The van der Waals surface area contributed by atoms with Gasteiger partial charge in [0.15, 0.2) is 0 Å². The van der Waals surface area contributed by atoms with Gasteiger partial charge in [0.05, 0.1) is 12.4 Å². The quantitative estimate of drug-likeness (QED) is 0.547. The van der Waals surface area contributed by atoms with E-state index in [9.17, 15) is 0 Å². The van der Waals surface area contributed by atoms with Crippen LogP contribution in [0.1, 0.15) is 25.1 Å². The number of nitrogens with two attached hydrogens (primary N) is 1. The van der Waals surface area contributed by atoms with Crippen LogP contribution in [0, 0.1) is 5.41 Å². The van der Waals surface area contributed by atoms with Crippen LogP contribution in [0.15, 0.2) is 18.5 Å². The minimum Gasteiger partial charge on any atom is -0.388 e. The molecule has 1 aliphatic carbocycles. The van der Waals surface area contributed by atoms with E-state index < -0.39 is 0 Å². The van der Waals surface area contributed by atoms with Gasteiger partial charge in [-0.15, -0.1) is 0 Å². The van der Waals surface area contributed by atoms with Crippen LogP contribution >= 0.6 is 0 Å². The Morgan fingerprint density at radius 1 is 1.44 bits per heavy atom. The second-order valence-electron chi connectivity index (χ2n) is 4.14. The summed E-state index contributed by atoms with van der Waals surface area (Å²) in [5.41, 5.74) is 5.38. The van der Waals surface area contributed by atoms with Gasteiger partial charge in [0.2, 0.25) is 0 Å². The Morgan fingerprint density at radius 2 is 2.12 bits per heavy atom. The number of amidine groups is 1. The highest BCUT2D eigenvalue weighted by molar-refractivity contribution is 5.76. The van der Waals surface area contributed by atoms with E-state index in [1.165, 1.54) is 12.8 Å². The lowest BCUT2D eigenvalue weighted by atomic mass is 10.3. The second-order valence-corrected chi connectivity index (χ2v) is 4.14. The van der Waals surface area contributed by atoms with Crippen molar-refractivity contribution in [2.24, 2.45) is 5.73 Å². The molecule has 1 fully saturated rings. The molecule has 1 aliphatic rings. The van der Waals surface area contributed by atoms with Crippen LogP contribution in [0.4, 0.5) is 0 Å². The summed E-state index contributed by atoms with van der Waals surface area (Å²) in [6.45, 7) is 1.59. The van der Waals surface area contributed by atoms with Crippen molar-refractivity contribution in [2.45, 2.75) is 31.8 Å². The first kappa shape index (κ1) is 11.0. The molecule has 1 aromatic heterocycles. The maximum absolute atomic E-state index is 7.25. The number of hydrogen-bond donors (Lipinski definition) is 2. The Bertz CT molecular complexity index is 347. The van der Waals surface area contributed by atoms with Crippen molar-refractivity contribution in [3.05, 3.63) is 24.3 Å². The highest BCUT2D eigenvalue weighted by Gasteiger charge is 2.29. The lowest BCUT2D eigenvalue weighted by molar-refractivity contribution is 0.255. The van der Waals surface area contributed by atoms with E-state index in [0.29, 0.717) is 12.5 Å². The van der Waals surface area contributed by atoms with Gasteiger partial charge in [-0.05, 0) is 18.9 Å². The van der Waals surface area contributed by atoms with Crippen molar-refractivity contribution in [2.75, 3.05) is 6.54 Å². The van der Waals surface area contributed by atoms with E-state index in [1.54, 1.807) is 12.4 Å². The lowest BCUT2D eigenvalue weighted by Crippen LogP contribution is -2.30. The summed E-state index contributed by atoms with van der Waals surface area (Å²) in [4.78, 5) is 10.8. The Balaban J connectivity index is 1.90. The van der Waals surface area contributed by atoms with E-state index >= 15 is 0 Å². The monoisotopic (exact) mass is 219 g/mol. The Kier molecular flexibility index (Phi) is 3.46. The van der Waals surface area contributed by atoms with Crippen molar-refractivity contribution >= 4 is 5.84 Å². The van der Waals surface area contributed by atoms with Crippen molar-refractivity contribution in [3.8, 4) is 0 Å². The molecule has 1 heterocycles. The molecule has 16 heavy (non-hydrogen) atoms. The summed E-state index contributed by atoms with van der Waals surface area (Å²) < 4.78 is 0. The second kappa shape index (κ2) is 5.03. The van der Waals surface area contributed by atoms with Crippen LogP contribution in [0.3, 0.4) is 0 Å². The zero-order chi connectivity index (χ0) is 11.4. The maximum Gasteiger partial charge on any atom is 0.142 e. The molecule has 0 bridgehead atoms. The molecule has 0 spiro atoms. The summed E-state index contributed by atoms with van der Waals surface area (Å²) in [6, 6.07) is 2.46. The van der Waals surface area contributed by atoms with Crippen LogP contribution < -0.4 is 5.73 Å². The van der Waals surface area contributed by atoms with Gasteiger partial charge in [-0.25, -0.2) is 9.97 Å². The van der Waals surface area contributed by atoms with Crippen molar-refractivity contribution < 1.29 is 0 Å². The SMILES string of the molecule is N=C(N)CCN(Cc1ncccn1)C1CC1. The fourth-order valence-electron chi connectivity index (χ4n) is 1.69. The number of nitrogens with one attached hydrogen (secondary N) is 1. The minimum atomic E-state index is 0.250. The first-order valence-electron chi connectivity index (χ1n) is 5.58. The van der Waals surface area contributed by atoms with E-state index in [0.717, 1.165) is 18.9 Å². The van der Waals surface area contributed by atoms with Crippen LogP contribution in [-0.4, -0.2) is 33.3 Å². The third-order valence-electron chi connectivity index (χ3n) is 2.70. The summed E-state index contributed by atoms with van der Waals surface area (Å²) >= 11 is 0. The van der Waals surface area contributed by atoms with Gasteiger partial charge in [0.1, 0.15) is 5.82 Å². The minimum absolute atomic E-state index is 0.250. The van der Waals surface area contributed by atoms with E-state index in [1.807, 2.05) is 6.07 Å². The highest BCUT2D eigenvalue weighted by Crippen LogP contribution is 2.27. The molecule has 86 valence electrons. The van der Waals surface area contributed by atoms with Gasteiger partial charge >= 0.3 is 0 Å². The van der Waals surface area contributed by atoms with E-state index in [4.69, 9.17) is 11.1 Å². The van der Waals surface area contributed by atoms with Crippen LogP contribution in [0.5, 0.6) is 0 Å². The molecule has 0 radical (unpaired) electrons. The molecule has 1 saturated carbocycles. The average molecular weight is 219 g/mol. The number of aromatic nitrogens is 2. The van der Waals surface area contributed by atoms with Crippen LogP contribution in [0.2, 0.25) is 0 Å².